The number of amides is 12. The number of ether oxygens (including phenoxy) is 6. The van der Waals surface area contributed by atoms with Crippen LogP contribution in [0.3, 0.4) is 0 Å². The Morgan fingerprint density at radius 3 is 1.49 bits per heavy atom. The van der Waals surface area contributed by atoms with Crippen molar-refractivity contribution in [3.8, 4) is 0 Å². The third-order valence-electron chi connectivity index (χ3n) is 18.7. The van der Waals surface area contributed by atoms with Crippen molar-refractivity contribution in [2.45, 2.75) is 318 Å². The van der Waals surface area contributed by atoms with Crippen LogP contribution < -0.4 is 58.5 Å². The van der Waals surface area contributed by atoms with E-state index < -0.39 is 259 Å². The van der Waals surface area contributed by atoms with E-state index in [0.29, 0.717) is 12.0 Å². The Hall–Kier alpha value is -9.78. The molecule has 2 aliphatic rings. The number of nitrogens with one attached hydrogen (secondary N) is 11. The number of aliphatic hydroxyl groups excluding tert-OH is 2. The molecule has 14 atom stereocenters. The summed E-state index contributed by atoms with van der Waals surface area (Å²) >= 11 is 0. The molecule has 2 fully saturated rings. The van der Waals surface area contributed by atoms with Crippen LogP contribution in [0.5, 0.6) is 0 Å². The number of aliphatic hydroxyl groups is 2. The number of hydrogen-bond acceptors (Lipinski definition) is 25. The zero-order valence-electron chi connectivity index (χ0n) is 75.1. The van der Waals surface area contributed by atoms with E-state index in [-0.39, 0.29) is 70.2 Å². The lowest BCUT2D eigenvalue weighted by atomic mass is 9.89. The van der Waals surface area contributed by atoms with Gasteiger partial charge in [0.05, 0.1) is 42.9 Å². The molecule has 1 aromatic carbocycles. The standard InChI is InChI=1S/C84H139N13O24/c1-24-49(6)116-74(110)62-46-96(79(115)121-84(21,22)23)45-61(97(62)44-48(4)5)65(102)42-55(50(7)98)69(105)94-60(43-89-78(114)120-83(18,19)20)64(101)41-53-30-34-85-73(109)66(51(8)99)95-68(104)54(31-35-86-75(111)117-80(9,10)11)40-63(100)56(32-36-87-76(112)118-81(12,13)14)90-71(107)58(38-47(2)3)92-72(108)59(39-52-28-26-25-27-29-52)93-70(106)57(91-67(53)103)33-37-88-77(113)119-82(15,16)17/h25-29,47-51,53-62,66,98-99H,24,30-46H2,1-23H3,(H,85,109)(H,86,111)(H,87,112)(H,88,113)(H,89,114)(H,90,107)(H,91,103)(H,92,108)(H,93,106)(H,94,105)(H,95,104)/t49?,50-,51+,53+,54+,55-,56-,57-,58-,59+,60-,61-,62?,66-/m0/s1. The summed E-state index contributed by atoms with van der Waals surface area (Å²) in [5.74, 6) is -16.2. The molecule has 0 bridgehead atoms. The summed E-state index contributed by atoms with van der Waals surface area (Å²) in [7, 11) is 0. The number of esters is 1. The molecule has 121 heavy (non-hydrogen) atoms. The van der Waals surface area contributed by atoms with Crippen LogP contribution in [0.2, 0.25) is 0 Å². The summed E-state index contributed by atoms with van der Waals surface area (Å²) in [6.07, 6.45) is -12.8. The maximum absolute atomic E-state index is 15.5. The molecule has 13 N–H and O–H groups in total. The summed E-state index contributed by atoms with van der Waals surface area (Å²) in [4.78, 5) is 235. The number of carbonyl (C=O) groups excluding carboxylic acids is 16. The normalized spacial score (nSPS) is 22.0. The molecule has 2 unspecified atom stereocenters. The number of alkyl carbamates (subject to hydrolysis) is 4. The molecule has 0 spiro atoms. The Bertz CT molecular complexity index is 3670. The fourth-order valence-corrected chi connectivity index (χ4v) is 12.7. The topological polar surface area (TPSA) is 508 Å². The maximum Gasteiger partial charge on any atom is 0.410 e. The smallest absolute Gasteiger partial charge is 0.410 e. The molecule has 2 aliphatic heterocycles. The molecule has 12 amide bonds. The largest absolute Gasteiger partial charge is 0.461 e. The molecule has 37 nitrogen and oxygen atoms in total. The molecule has 0 aliphatic carbocycles. The van der Waals surface area contributed by atoms with Gasteiger partial charge in [0.1, 0.15) is 64.3 Å². The Labute approximate surface area is 711 Å². The van der Waals surface area contributed by atoms with Crippen molar-refractivity contribution in [2.75, 3.05) is 52.4 Å². The summed E-state index contributed by atoms with van der Waals surface area (Å²) in [5.41, 5.74) is -4.63. The van der Waals surface area contributed by atoms with Crippen LogP contribution in [0, 0.1) is 29.6 Å². The van der Waals surface area contributed by atoms with Crippen molar-refractivity contribution in [1.82, 2.24) is 68.3 Å². The highest BCUT2D eigenvalue weighted by Crippen LogP contribution is 2.27. The molecule has 0 radical (unpaired) electrons. The minimum atomic E-state index is -1.89. The van der Waals surface area contributed by atoms with E-state index in [4.69, 9.17) is 28.4 Å². The molecule has 684 valence electrons. The molecule has 1 aromatic rings. The van der Waals surface area contributed by atoms with Gasteiger partial charge < -0.3 is 102 Å². The lowest BCUT2D eigenvalue weighted by Gasteiger charge is -2.46. The van der Waals surface area contributed by atoms with Crippen molar-refractivity contribution in [2.24, 2.45) is 29.6 Å². The number of rotatable bonds is 30. The predicted molar refractivity (Wildman–Crippen MR) is 445 cm³/mol. The van der Waals surface area contributed by atoms with Gasteiger partial charge in [0.2, 0.25) is 41.4 Å². The van der Waals surface area contributed by atoms with Crippen molar-refractivity contribution in [3.63, 3.8) is 0 Å². The summed E-state index contributed by atoms with van der Waals surface area (Å²) < 4.78 is 33.3. The van der Waals surface area contributed by atoms with Crippen molar-refractivity contribution in [3.05, 3.63) is 35.9 Å². The van der Waals surface area contributed by atoms with Crippen LogP contribution in [0.4, 0.5) is 24.0 Å². The van der Waals surface area contributed by atoms with E-state index in [9.17, 15) is 53.4 Å². The highest BCUT2D eigenvalue weighted by Gasteiger charge is 2.47. The van der Waals surface area contributed by atoms with Crippen LogP contribution >= 0.6 is 0 Å². The highest BCUT2D eigenvalue weighted by atomic mass is 16.6. The second kappa shape index (κ2) is 48.2. The SMILES string of the molecule is CCC(C)OC(=O)C1CN(C(=O)OC(C)(C)C)C[C@@H](C(=O)C[C@H](C(=O)N[C@@H](CNC(=O)OC(C)(C)C)C(=O)C[C@H]2CCNC(=O)[C@H]([C@@H](C)O)NC(=O)[C@H](CCNC(=O)OC(C)(C)C)CC(=O)[C@H](CCNC(=O)OC(C)(C)C)NC(=O)[C@H](CC(C)C)NC(=O)[C@@H](Cc3ccccc3)NC(=O)[C@H](CCNC(=O)OC(C)(C)C)NC2=O)[C@H](C)O)N1CC(C)C. The van der Waals surface area contributed by atoms with Crippen molar-refractivity contribution < 1.29 is 115 Å². The van der Waals surface area contributed by atoms with Gasteiger partial charge in [0, 0.05) is 83.3 Å². The van der Waals surface area contributed by atoms with Crippen molar-refractivity contribution >= 4 is 95.1 Å². The van der Waals surface area contributed by atoms with Gasteiger partial charge in [-0.15, -0.1) is 0 Å². The van der Waals surface area contributed by atoms with E-state index in [0.717, 1.165) is 6.92 Å². The summed E-state index contributed by atoms with van der Waals surface area (Å²) in [6, 6.07) is -4.43. The number of hydrogen-bond donors (Lipinski definition) is 13. The molecular formula is C84H139N13O24. The number of carbonyl (C=O) groups is 16. The van der Waals surface area contributed by atoms with E-state index in [2.05, 4.69) is 58.5 Å². The van der Waals surface area contributed by atoms with Gasteiger partial charge in [-0.1, -0.05) is 65.0 Å². The van der Waals surface area contributed by atoms with Gasteiger partial charge in [0.25, 0.3) is 0 Å². The van der Waals surface area contributed by atoms with Gasteiger partial charge in [-0.25, -0.2) is 24.0 Å². The lowest BCUT2D eigenvalue weighted by Crippen LogP contribution is -2.66. The first-order chi connectivity index (χ1) is 55.8. The quantitative estimate of drug-likeness (QED) is 0.0365. The Morgan fingerprint density at radius 1 is 0.529 bits per heavy atom. The first-order valence-corrected chi connectivity index (χ1v) is 41.7. The third kappa shape index (κ3) is 40.6. The molecule has 2 heterocycles. The van der Waals surface area contributed by atoms with Gasteiger partial charge in [-0.2, -0.15) is 0 Å². The van der Waals surface area contributed by atoms with E-state index in [1.54, 1.807) is 167 Å². The minimum Gasteiger partial charge on any atom is -0.461 e. The second-order valence-corrected chi connectivity index (χ2v) is 36.9. The van der Waals surface area contributed by atoms with Crippen LogP contribution in [0.15, 0.2) is 30.3 Å². The molecule has 3 rings (SSSR count). The highest BCUT2D eigenvalue weighted by molar-refractivity contribution is 5.99. The Kier molecular flexibility index (Phi) is 42.0. The monoisotopic (exact) mass is 1710 g/mol. The second-order valence-electron chi connectivity index (χ2n) is 36.9. The van der Waals surface area contributed by atoms with Gasteiger partial charge in [-0.3, -0.25) is 57.6 Å². The molecule has 37 heteroatoms. The van der Waals surface area contributed by atoms with Gasteiger partial charge >= 0.3 is 36.4 Å². The van der Waals surface area contributed by atoms with Crippen LogP contribution in [0.1, 0.15) is 223 Å². The first kappa shape index (κ1) is 105. The van der Waals surface area contributed by atoms with Crippen molar-refractivity contribution in [1.29, 1.82) is 0 Å². The summed E-state index contributed by atoms with van der Waals surface area (Å²) in [5, 5.41) is 51.4. The van der Waals surface area contributed by atoms with E-state index >= 15 is 33.6 Å². The molecule has 0 saturated carbocycles. The van der Waals surface area contributed by atoms with Crippen LogP contribution in [0.25, 0.3) is 0 Å². The van der Waals surface area contributed by atoms with Crippen LogP contribution in [-0.4, -0.2) is 262 Å². The number of Topliss-reactive ketones (excluding diaryl/α,β-unsaturated/α-hetero) is 3. The Morgan fingerprint density at radius 2 is 0.992 bits per heavy atom. The average Bonchev–Trinajstić information content (AvgIpc) is 0.793. The molecule has 2 saturated heterocycles. The molecule has 0 aromatic heterocycles. The van der Waals surface area contributed by atoms with Crippen LogP contribution in [-0.2, 0) is 87.6 Å². The average molecular weight is 1720 g/mol. The number of ketones is 3. The minimum absolute atomic E-state index is 0.0996. The van der Waals surface area contributed by atoms with E-state index in [1.165, 1.54) is 11.8 Å². The zero-order chi connectivity index (χ0) is 92.0. The Balaban J connectivity index is 2.43. The third-order valence-corrected chi connectivity index (χ3v) is 18.7. The van der Waals surface area contributed by atoms with Gasteiger partial charge in [0.15, 0.2) is 17.3 Å². The number of piperazine rings is 1. The first-order valence-electron chi connectivity index (χ1n) is 41.7. The fraction of sp³-hybridized carbons (Fsp3) is 0.738. The summed E-state index contributed by atoms with van der Waals surface area (Å²) in [6.45, 7) is 34.1. The number of nitrogens with zero attached hydrogens (tertiary/aromatic N) is 2. The maximum atomic E-state index is 15.5. The number of benzene rings is 1. The fourth-order valence-electron chi connectivity index (χ4n) is 12.7. The van der Waals surface area contributed by atoms with Gasteiger partial charge in [-0.05, 0) is 181 Å². The lowest BCUT2D eigenvalue weighted by molar-refractivity contribution is -0.161. The predicted octanol–water partition coefficient (Wildman–Crippen LogP) is 4.75. The van der Waals surface area contributed by atoms with E-state index in [1.807, 2.05) is 13.8 Å². The molecular weight excluding hydrogens is 1570 g/mol. The zero-order valence-corrected chi connectivity index (χ0v) is 75.1.